The summed E-state index contributed by atoms with van der Waals surface area (Å²) < 4.78 is 1.04. The number of aryl methyl sites for hydroxylation is 2. The number of pyridine rings is 1. The summed E-state index contributed by atoms with van der Waals surface area (Å²) in [4.78, 5) is 4.36. The van der Waals surface area contributed by atoms with E-state index in [9.17, 15) is 0 Å². The fourth-order valence-electron chi connectivity index (χ4n) is 1.78. The molecule has 2 rings (SSSR count). The highest BCUT2D eigenvalue weighted by Crippen LogP contribution is 2.21. The van der Waals surface area contributed by atoms with E-state index < -0.39 is 0 Å². The summed E-state index contributed by atoms with van der Waals surface area (Å²) in [5.41, 5.74) is 3.73. The highest BCUT2D eigenvalue weighted by molar-refractivity contribution is 9.10. The van der Waals surface area contributed by atoms with Crippen LogP contribution in [-0.4, -0.2) is 4.98 Å². The third-order valence-corrected chi connectivity index (χ3v) is 3.82. The van der Waals surface area contributed by atoms with Crippen LogP contribution in [0.1, 0.15) is 29.7 Å². The van der Waals surface area contributed by atoms with Crippen molar-refractivity contribution < 1.29 is 0 Å². The van der Waals surface area contributed by atoms with Crippen LogP contribution >= 0.6 is 15.9 Å². The second-order valence-electron chi connectivity index (χ2n) is 4.60. The maximum atomic E-state index is 4.36. The van der Waals surface area contributed by atoms with Gasteiger partial charge in [0.15, 0.2) is 0 Å². The second kappa shape index (κ2) is 5.53. The highest BCUT2D eigenvalue weighted by atomic mass is 79.9. The zero-order chi connectivity index (χ0) is 13.1. The Morgan fingerprint density at radius 3 is 2.44 bits per heavy atom. The molecule has 0 radical (unpaired) electrons. The minimum atomic E-state index is 0.249. The summed E-state index contributed by atoms with van der Waals surface area (Å²) >= 11 is 3.46. The van der Waals surface area contributed by atoms with Crippen LogP contribution in [0, 0.1) is 13.8 Å². The van der Waals surface area contributed by atoms with E-state index in [0.29, 0.717) is 0 Å². The summed E-state index contributed by atoms with van der Waals surface area (Å²) in [5.74, 6) is 0.906. The van der Waals surface area contributed by atoms with E-state index in [1.165, 1.54) is 16.7 Å². The van der Waals surface area contributed by atoms with Crippen molar-refractivity contribution in [2.75, 3.05) is 5.32 Å². The number of aromatic nitrogens is 1. The molecule has 0 amide bonds. The lowest BCUT2D eigenvalue weighted by molar-refractivity contribution is 0.873. The van der Waals surface area contributed by atoms with Gasteiger partial charge in [-0.25, -0.2) is 4.98 Å². The molecule has 94 valence electrons. The van der Waals surface area contributed by atoms with Crippen LogP contribution in [0.25, 0.3) is 0 Å². The van der Waals surface area contributed by atoms with Gasteiger partial charge in [0.25, 0.3) is 0 Å². The lowest BCUT2D eigenvalue weighted by Crippen LogP contribution is -2.08. The van der Waals surface area contributed by atoms with Crippen molar-refractivity contribution in [3.05, 3.63) is 57.7 Å². The van der Waals surface area contributed by atoms with Crippen molar-refractivity contribution in [1.29, 1.82) is 0 Å². The summed E-state index contributed by atoms with van der Waals surface area (Å²) in [5, 5.41) is 3.41. The third kappa shape index (κ3) is 3.10. The summed E-state index contributed by atoms with van der Waals surface area (Å²) in [6, 6.07) is 10.9. The number of hydrogen-bond donors (Lipinski definition) is 1. The number of benzene rings is 1. The molecule has 2 nitrogen and oxygen atoms in total. The maximum Gasteiger partial charge on any atom is 0.126 e. The number of rotatable bonds is 3. The van der Waals surface area contributed by atoms with Crippen molar-refractivity contribution in [3.63, 3.8) is 0 Å². The summed E-state index contributed by atoms with van der Waals surface area (Å²) in [6.45, 7) is 6.30. The monoisotopic (exact) mass is 304 g/mol. The van der Waals surface area contributed by atoms with Crippen LogP contribution in [0.5, 0.6) is 0 Å². The molecular formula is C15H17BrN2. The molecule has 0 aliphatic rings. The van der Waals surface area contributed by atoms with Gasteiger partial charge in [0.2, 0.25) is 0 Å². The van der Waals surface area contributed by atoms with E-state index in [4.69, 9.17) is 0 Å². The second-order valence-corrected chi connectivity index (χ2v) is 5.45. The van der Waals surface area contributed by atoms with Crippen LogP contribution in [-0.2, 0) is 0 Å². The van der Waals surface area contributed by atoms with E-state index in [2.05, 4.69) is 77.3 Å². The van der Waals surface area contributed by atoms with Gasteiger partial charge >= 0.3 is 0 Å². The molecule has 1 atom stereocenters. The van der Waals surface area contributed by atoms with Gasteiger partial charge in [-0.3, -0.25) is 0 Å². The minimum Gasteiger partial charge on any atom is -0.364 e. The Kier molecular flexibility index (Phi) is 4.02. The van der Waals surface area contributed by atoms with Crippen LogP contribution in [0.3, 0.4) is 0 Å². The predicted octanol–water partition coefficient (Wildman–Crippen LogP) is 4.63. The quantitative estimate of drug-likeness (QED) is 0.894. The first kappa shape index (κ1) is 13.1. The fraction of sp³-hybridized carbons (Fsp3) is 0.267. The molecule has 0 fully saturated rings. The molecule has 0 aliphatic heterocycles. The average Bonchev–Trinajstić information content (AvgIpc) is 2.34. The molecule has 1 N–H and O–H groups in total. The van der Waals surface area contributed by atoms with Crippen molar-refractivity contribution in [3.8, 4) is 0 Å². The van der Waals surface area contributed by atoms with Gasteiger partial charge in [-0.2, -0.15) is 0 Å². The van der Waals surface area contributed by atoms with Crippen molar-refractivity contribution >= 4 is 21.7 Å². The van der Waals surface area contributed by atoms with Gasteiger partial charge in [-0.15, -0.1) is 0 Å². The molecule has 1 unspecified atom stereocenters. The number of nitrogens with zero attached hydrogens (tertiary/aromatic N) is 1. The minimum absolute atomic E-state index is 0.249. The number of halogens is 1. The Hall–Kier alpha value is -1.35. The molecule has 1 aromatic carbocycles. The molecule has 2 aromatic rings. The summed E-state index contributed by atoms with van der Waals surface area (Å²) in [6.07, 6.45) is 1.83. The lowest BCUT2D eigenvalue weighted by atomic mass is 10.1. The molecule has 3 heteroatoms. The van der Waals surface area contributed by atoms with E-state index in [0.717, 1.165) is 10.3 Å². The molecule has 0 spiro atoms. The predicted molar refractivity (Wildman–Crippen MR) is 79.9 cm³/mol. The topological polar surface area (TPSA) is 24.9 Å². The number of nitrogens with one attached hydrogen (secondary N) is 1. The number of hydrogen-bond acceptors (Lipinski definition) is 2. The van der Waals surface area contributed by atoms with Gasteiger partial charge in [0.1, 0.15) is 5.82 Å². The molecule has 1 aromatic heterocycles. The Labute approximate surface area is 117 Å². The zero-order valence-electron chi connectivity index (χ0n) is 10.9. The van der Waals surface area contributed by atoms with E-state index in [1.54, 1.807) is 0 Å². The highest BCUT2D eigenvalue weighted by Gasteiger charge is 2.06. The van der Waals surface area contributed by atoms with Gasteiger partial charge in [0, 0.05) is 16.7 Å². The first-order valence-electron chi connectivity index (χ1n) is 6.01. The molecule has 1 heterocycles. The first-order chi connectivity index (χ1) is 8.56. The van der Waals surface area contributed by atoms with E-state index in [1.807, 2.05) is 6.20 Å². The van der Waals surface area contributed by atoms with Gasteiger partial charge in [-0.05, 0) is 53.9 Å². The number of anilines is 1. The van der Waals surface area contributed by atoms with Crippen LogP contribution in [0.15, 0.2) is 41.0 Å². The standard InChI is InChI=1S/C15H17BrN2/c1-10-4-6-13(7-5-10)12(3)18-15-8-11(2)14(16)9-17-15/h4-9,12H,1-3H3,(H,17,18). The van der Waals surface area contributed by atoms with Crippen LogP contribution in [0.4, 0.5) is 5.82 Å². The Morgan fingerprint density at radius 1 is 1.17 bits per heavy atom. The van der Waals surface area contributed by atoms with Crippen molar-refractivity contribution in [2.24, 2.45) is 0 Å². The molecule has 0 aliphatic carbocycles. The van der Waals surface area contributed by atoms with Gasteiger partial charge < -0.3 is 5.32 Å². The molecular weight excluding hydrogens is 288 g/mol. The van der Waals surface area contributed by atoms with Crippen molar-refractivity contribution in [2.45, 2.75) is 26.8 Å². The molecule has 0 saturated carbocycles. The fourth-order valence-corrected chi connectivity index (χ4v) is 2.00. The Bertz CT molecular complexity index is 535. The van der Waals surface area contributed by atoms with Crippen molar-refractivity contribution in [1.82, 2.24) is 4.98 Å². The Balaban J connectivity index is 2.13. The molecule has 18 heavy (non-hydrogen) atoms. The van der Waals surface area contributed by atoms with E-state index >= 15 is 0 Å². The Morgan fingerprint density at radius 2 is 1.83 bits per heavy atom. The largest absolute Gasteiger partial charge is 0.364 e. The summed E-state index contributed by atoms with van der Waals surface area (Å²) in [7, 11) is 0. The van der Waals surface area contributed by atoms with Crippen LogP contribution in [0.2, 0.25) is 0 Å². The average molecular weight is 305 g/mol. The lowest BCUT2D eigenvalue weighted by Gasteiger charge is -2.15. The molecule has 0 bridgehead atoms. The molecule has 0 saturated heterocycles. The maximum absolute atomic E-state index is 4.36. The first-order valence-corrected chi connectivity index (χ1v) is 6.81. The zero-order valence-corrected chi connectivity index (χ0v) is 12.5. The smallest absolute Gasteiger partial charge is 0.126 e. The van der Waals surface area contributed by atoms with Gasteiger partial charge in [-0.1, -0.05) is 29.8 Å². The normalized spacial score (nSPS) is 12.2. The van der Waals surface area contributed by atoms with E-state index in [-0.39, 0.29) is 6.04 Å². The van der Waals surface area contributed by atoms with Crippen LogP contribution < -0.4 is 5.32 Å². The third-order valence-electron chi connectivity index (χ3n) is 2.99. The van der Waals surface area contributed by atoms with Gasteiger partial charge in [0.05, 0.1) is 0 Å². The SMILES string of the molecule is Cc1ccc(C(C)Nc2cc(C)c(Br)cn2)cc1.